The number of likely N-dealkylation sites (N-methyl/N-ethyl adjacent to an activating group) is 1. The summed E-state index contributed by atoms with van der Waals surface area (Å²) in [7, 11) is 0. The number of benzene rings is 4. The van der Waals surface area contributed by atoms with E-state index in [1.54, 1.807) is 0 Å². The average molecular weight is 691 g/mol. The van der Waals surface area contributed by atoms with Gasteiger partial charge in [0.1, 0.15) is 6.54 Å². The molecule has 50 heavy (non-hydrogen) atoms. The summed E-state index contributed by atoms with van der Waals surface area (Å²) >= 11 is 0.938. The molecule has 0 radical (unpaired) electrons. The lowest BCUT2D eigenvalue weighted by Crippen LogP contribution is -2.28. The lowest BCUT2D eigenvalue weighted by Gasteiger charge is -2.26. The average Bonchev–Trinajstić information content (AvgIpc) is 3.42. The minimum Gasteiger partial charge on any atom is -0.691 e. The van der Waals surface area contributed by atoms with Gasteiger partial charge in [0, 0.05) is 52.4 Å². The van der Waals surface area contributed by atoms with Crippen LogP contribution in [0.2, 0.25) is 0 Å². The number of unbranched alkanes of at least 4 members (excludes halogenated alkanes) is 3. The molecule has 0 fully saturated rings. The Morgan fingerprint density at radius 1 is 0.840 bits per heavy atom. The van der Waals surface area contributed by atoms with Crippen LogP contribution in [-0.2, 0) is 20.2 Å². The molecule has 0 saturated carbocycles. The second-order valence-corrected chi connectivity index (χ2v) is 17.2. The Labute approximate surface area is 303 Å². The second kappa shape index (κ2) is 14.3. The van der Waals surface area contributed by atoms with E-state index in [1.807, 2.05) is 6.07 Å². The Hall–Kier alpha value is -3.42. The van der Waals surface area contributed by atoms with Crippen molar-refractivity contribution in [3.05, 3.63) is 101 Å². The summed E-state index contributed by atoms with van der Waals surface area (Å²) in [5.74, 6) is 0. The van der Waals surface area contributed by atoms with E-state index >= 15 is 0 Å². The molecule has 264 valence electrons. The van der Waals surface area contributed by atoms with Gasteiger partial charge in [-0.1, -0.05) is 89.4 Å². The van der Waals surface area contributed by atoms with Crippen molar-refractivity contribution in [3.8, 4) is 0 Å². The molecule has 0 atom stereocenters. The zero-order valence-electron chi connectivity index (χ0n) is 31.5. The van der Waals surface area contributed by atoms with Crippen molar-refractivity contribution in [3.63, 3.8) is 0 Å². The number of allylic oxidation sites excluding steroid dienone is 4. The molecule has 0 aromatic heterocycles. The number of fused-ring (bicyclic) bond motifs is 6. The predicted octanol–water partition coefficient (Wildman–Crippen LogP) is 11.2. The molecule has 4 aromatic carbocycles. The fourth-order valence-corrected chi connectivity index (χ4v) is 8.89. The number of rotatable bonds is 12. The van der Waals surface area contributed by atoms with Gasteiger partial charge in [0.25, 0.3) is 0 Å². The Bertz CT molecular complexity index is 2000. The van der Waals surface area contributed by atoms with E-state index in [4.69, 9.17) is 0 Å². The Morgan fingerprint density at radius 3 is 2.28 bits per heavy atom. The molecule has 5 nitrogen and oxygen atoms in total. The fourth-order valence-electron chi connectivity index (χ4n) is 8.48. The molecular weight excluding hydrogens is 637 g/mol. The second-order valence-electron chi connectivity index (χ2n) is 16.4. The third-order valence-electron chi connectivity index (χ3n) is 10.9. The van der Waals surface area contributed by atoms with Gasteiger partial charge in [0.15, 0.2) is 5.71 Å². The lowest BCUT2D eigenvalue weighted by molar-refractivity contribution is -0.777. The number of aryl methyl sites for hydroxylation is 1. The highest BCUT2D eigenvalue weighted by molar-refractivity contribution is 7.94. The third kappa shape index (κ3) is 6.92. The summed E-state index contributed by atoms with van der Waals surface area (Å²) < 4.78 is 7.20. The molecule has 2 heterocycles. The van der Waals surface area contributed by atoms with Crippen molar-refractivity contribution in [2.45, 2.75) is 110 Å². The van der Waals surface area contributed by atoms with E-state index in [0.29, 0.717) is 5.41 Å². The van der Waals surface area contributed by atoms with Crippen molar-refractivity contribution in [2.75, 3.05) is 18.0 Å². The minimum absolute atomic E-state index is 0.136. The van der Waals surface area contributed by atoms with E-state index in [0.717, 1.165) is 41.8 Å². The highest BCUT2D eigenvalue weighted by atomic mass is 32.2. The molecule has 0 spiro atoms. The van der Waals surface area contributed by atoms with Crippen LogP contribution in [0.4, 0.5) is 11.4 Å². The SMILES string of the molecule is CCN1/C(=C/C=C/C2=[N+](CCCCCCC(C)(C)C)c3ccc4cc(SOO[O-])ccc4c3C2(C)C)C(C)(C)c2c1ccc1cc(C)ccc21. The minimum atomic E-state index is -0.216. The number of anilines is 1. The van der Waals surface area contributed by atoms with Gasteiger partial charge in [-0.3, -0.25) is 5.04 Å². The largest absolute Gasteiger partial charge is 0.691 e. The van der Waals surface area contributed by atoms with Crippen molar-refractivity contribution >= 4 is 50.7 Å². The Balaban J connectivity index is 1.37. The molecule has 0 saturated heterocycles. The topological polar surface area (TPSA) is 47.8 Å². The first-order valence-corrected chi connectivity index (χ1v) is 19.1. The van der Waals surface area contributed by atoms with Crippen LogP contribution in [-0.4, -0.2) is 23.4 Å². The van der Waals surface area contributed by atoms with Crippen molar-refractivity contribution in [2.24, 2.45) is 5.41 Å². The maximum Gasteiger partial charge on any atom is 0.210 e. The first-order chi connectivity index (χ1) is 23.8. The van der Waals surface area contributed by atoms with Gasteiger partial charge in [-0.05, 0) is 103 Å². The maximum atomic E-state index is 10.5. The quantitative estimate of drug-likeness (QED) is 0.0487. The van der Waals surface area contributed by atoms with Gasteiger partial charge in [-0.25, -0.2) is 0 Å². The van der Waals surface area contributed by atoms with Gasteiger partial charge in [0.05, 0.1) is 17.5 Å². The molecule has 0 bridgehead atoms. The molecule has 2 aliphatic heterocycles. The van der Waals surface area contributed by atoms with Gasteiger partial charge in [-0.2, -0.15) is 8.91 Å². The smallest absolute Gasteiger partial charge is 0.210 e. The van der Waals surface area contributed by atoms with Crippen LogP contribution in [0.3, 0.4) is 0 Å². The van der Waals surface area contributed by atoms with Gasteiger partial charge in [-0.15, -0.1) is 0 Å². The molecule has 0 N–H and O–H groups in total. The number of nitrogens with zero attached hydrogens (tertiary/aromatic N) is 2. The highest BCUT2D eigenvalue weighted by Gasteiger charge is 2.45. The van der Waals surface area contributed by atoms with Gasteiger partial charge in [0.2, 0.25) is 5.69 Å². The monoisotopic (exact) mass is 690 g/mol. The van der Waals surface area contributed by atoms with Crippen molar-refractivity contribution < 1.29 is 19.2 Å². The Morgan fingerprint density at radius 2 is 1.54 bits per heavy atom. The van der Waals surface area contributed by atoms with Crippen LogP contribution in [0, 0.1) is 12.3 Å². The van der Waals surface area contributed by atoms with Gasteiger partial charge < -0.3 is 10.2 Å². The summed E-state index contributed by atoms with van der Waals surface area (Å²) in [5, 5.41) is 19.1. The van der Waals surface area contributed by atoms with Crippen molar-refractivity contribution in [1.29, 1.82) is 0 Å². The first-order valence-electron chi connectivity index (χ1n) is 18.3. The van der Waals surface area contributed by atoms with E-state index in [-0.39, 0.29) is 10.8 Å². The third-order valence-corrected chi connectivity index (χ3v) is 11.4. The molecule has 0 amide bonds. The molecule has 0 aliphatic carbocycles. The summed E-state index contributed by atoms with van der Waals surface area (Å²) in [6, 6.07) is 22.2. The van der Waals surface area contributed by atoms with E-state index < -0.39 is 0 Å². The number of hydrogen-bond donors (Lipinski definition) is 0. The van der Waals surface area contributed by atoms with Crippen LogP contribution in [0.1, 0.15) is 104 Å². The summed E-state index contributed by atoms with van der Waals surface area (Å²) in [5.41, 5.74) is 9.36. The first kappa shape index (κ1) is 36.4. The summed E-state index contributed by atoms with van der Waals surface area (Å²) in [6.45, 7) is 22.8. The molecule has 6 rings (SSSR count). The normalized spacial score (nSPS) is 17.6. The van der Waals surface area contributed by atoms with Crippen LogP contribution >= 0.6 is 12.0 Å². The zero-order valence-corrected chi connectivity index (χ0v) is 32.3. The molecule has 0 unspecified atom stereocenters. The van der Waals surface area contributed by atoms with Crippen molar-refractivity contribution in [1.82, 2.24) is 0 Å². The van der Waals surface area contributed by atoms with Crippen LogP contribution in [0.15, 0.2) is 89.5 Å². The molecule has 6 heteroatoms. The Kier molecular flexibility index (Phi) is 10.4. The van der Waals surface area contributed by atoms with Crippen LogP contribution in [0.25, 0.3) is 21.5 Å². The molecular formula is C44H54N2O3S. The highest BCUT2D eigenvalue weighted by Crippen LogP contribution is 2.51. The van der Waals surface area contributed by atoms with Crippen LogP contribution in [0.5, 0.6) is 0 Å². The lowest BCUT2D eigenvalue weighted by atomic mass is 9.79. The maximum absolute atomic E-state index is 10.5. The standard InChI is InChI=1S/C44H54N2O3S/c1-10-45-36-24-19-31-28-30(2)18-22-34(31)40(36)43(6,7)38(45)16-15-17-39-44(8,9)41-35-23-21-33(50-49-48-47)29-32(35)20-25-37(41)46(39)27-14-12-11-13-26-42(3,4)5/h15-25,28-29H,10-14,26-27H2,1-9H3. The summed E-state index contributed by atoms with van der Waals surface area (Å²) in [4.78, 5) is 3.33. The zero-order chi connectivity index (χ0) is 35.8. The van der Waals surface area contributed by atoms with E-state index in [9.17, 15) is 5.26 Å². The van der Waals surface area contributed by atoms with E-state index in [1.165, 1.54) is 81.3 Å². The van der Waals surface area contributed by atoms with Crippen LogP contribution < -0.4 is 10.2 Å². The molecule has 2 aliphatic rings. The fraction of sp³-hybridized carbons (Fsp3) is 0.432. The predicted molar refractivity (Wildman–Crippen MR) is 209 cm³/mol. The van der Waals surface area contributed by atoms with Gasteiger partial charge >= 0.3 is 0 Å². The number of hydrogen-bond acceptors (Lipinski definition) is 5. The van der Waals surface area contributed by atoms with E-state index in [2.05, 4.69) is 154 Å². The molecule has 4 aromatic rings. The summed E-state index contributed by atoms with van der Waals surface area (Å²) in [6.07, 6.45) is 13.2.